The summed E-state index contributed by atoms with van der Waals surface area (Å²) in [5.74, 6) is -0.955. The van der Waals surface area contributed by atoms with Gasteiger partial charge in [0.2, 0.25) is 11.8 Å². The number of carbonyl (C=O) groups excluding carboxylic acids is 2. The van der Waals surface area contributed by atoms with Crippen LogP contribution in [0.5, 0.6) is 11.5 Å². The fourth-order valence-corrected chi connectivity index (χ4v) is 6.01. The molecule has 160 valence electrons. The van der Waals surface area contributed by atoms with Gasteiger partial charge in [0, 0.05) is 11.1 Å². The third kappa shape index (κ3) is 2.03. The first-order valence-electron chi connectivity index (χ1n) is 10.5. The van der Waals surface area contributed by atoms with Gasteiger partial charge in [-0.15, -0.1) is 0 Å². The van der Waals surface area contributed by atoms with Crippen molar-refractivity contribution in [3.63, 3.8) is 0 Å². The number of carbonyl (C=O) groups is 2. The van der Waals surface area contributed by atoms with Gasteiger partial charge in [-0.2, -0.15) is 0 Å². The highest BCUT2D eigenvalue weighted by Gasteiger charge is 2.78. The predicted molar refractivity (Wildman–Crippen MR) is 115 cm³/mol. The number of nitrogens with one attached hydrogen (secondary N) is 1. The molecule has 0 aromatic heterocycles. The van der Waals surface area contributed by atoms with Gasteiger partial charge in [0.15, 0.2) is 0 Å². The number of ether oxygens (including phenoxy) is 3. The molecule has 6 rings (SSSR count). The van der Waals surface area contributed by atoms with Crippen LogP contribution < -0.4 is 14.8 Å². The molecule has 2 saturated heterocycles. The largest absolute Gasteiger partial charge is 0.496 e. The maximum Gasteiger partial charge on any atom is 0.234 e. The quantitative estimate of drug-likeness (QED) is 0.648. The zero-order chi connectivity index (χ0) is 22.1. The molecule has 6 nitrogen and oxygen atoms in total. The molecular weight excluding hydrogens is 406 g/mol. The van der Waals surface area contributed by atoms with Crippen LogP contribution in [0.2, 0.25) is 0 Å². The smallest absolute Gasteiger partial charge is 0.234 e. The van der Waals surface area contributed by atoms with E-state index in [2.05, 4.69) is 5.32 Å². The van der Waals surface area contributed by atoms with Crippen molar-refractivity contribution >= 4 is 11.8 Å². The third-order valence-electron chi connectivity index (χ3n) is 7.08. The zero-order valence-corrected chi connectivity index (χ0v) is 17.6. The molecule has 2 unspecified atom stereocenters. The van der Waals surface area contributed by atoms with E-state index >= 15 is 0 Å². The summed E-state index contributed by atoms with van der Waals surface area (Å²) >= 11 is 0. The maximum absolute atomic E-state index is 13.3. The van der Waals surface area contributed by atoms with Crippen LogP contribution in [-0.4, -0.2) is 26.0 Å². The number of hydrogen-bond donors (Lipinski definition) is 1. The van der Waals surface area contributed by atoms with E-state index in [0.29, 0.717) is 11.5 Å². The minimum absolute atomic E-state index is 0.336. The minimum Gasteiger partial charge on any atom is -0.496 e. The highest BCUT2D eigenvalue weighted by molar-refractivity contribution is 6.08. The Hall–Kier alpha value is -3.64. The average Bonchev–Trinajstić information content (AvgIpc) is 3.44. The molecule has 3 aromatic carbocycles. The topological polar surface area (TPSA) is 73.9 Å². The standard InChI is InChI=1S/C26H21NO5/c1-30-19-13-7-5-11-17(19)25-15-9-3-4-10-16(15)26(32-25,18-12-6-8-14-20(18)31-2)22-21(25)23(28)27-24(22)29/h3-14,21-22H,1-2H3,(H,27,28,29)/t21-,22+,25?,26?. The molecule has 2 bridgehead atoms. The Morgan fingerprint density at radius 3 is 1.44 bits per heavy atom. The predicted octanol–water partition coefficient (Wildman–Crippen LogP) is 3.12. The summed E-state index contributed by atoms with van der Waals surface area (Å²) in [5.41, 5.74) is 0.826. The second-order valence-electron chi connectivity index (χ2n) is 8.33. The van der Waals surface area contributed by atoms with Crippen LogP contribution in [0.1, 0.15) is 22.3 Å². The first-order valence-corrected chi connectivity index (χ1v) is 10.5. The summed E-state index contributed by atoms with van der Waals surface area (Å²) in [6.45, 7) is 0. The van der Waals surface area contributed by atoms with E-state index in [-0.39, 0.29) is 11.8 Å². The van der Waals surface area contributed by atoms with E-state index in [4.69, 9.17) is 14.2 Å². The van der Waals surface area contributed by atoms with Crippen LogP contribution in [0.4, 0.5) is 0 Å². The first kappa shape index (κ1) is 19.1. The molecule has 0 aliphatic carbocycles. The molecule has 2 fully saturated rings. The van der Waals surface area contributed by atoms with Gasteiger partial charge in [-0.25, -0.2) is 0 Å². The molecule has 6 heteroatoms. The van der Waals surface area contributed by atoms with E-state index < -0.39 is 23.0 Å². The Morgan fingerprint density at radius 1 is 0.656 bits per heavy atom. The van der Waals surface area contributed by atoms with Gasteiger partial charge in [-0.3, -0.25) is 14.9 Å². The number of hydrogen-bond acceptors (Lipinski definition) is 5. The molecule has 0 spiro atoms. The fraction of sp³-hybridized carbons (Fsp3) is 0.231. The number of fused-ring (bicyclic) bond motifs is 8. The summed E-state index contributed by atoms with van der Waals surface area (Å²) in [7, 11) is 3.19. The van der Waals surface area contributed by atoms with Crippen LogP contribution in [0.15, 0.2) is 72.8 Å². The summed E-state index contributed by atoms with van der Waals surface area (Å²) in [4.78, 5) is 26.6. The van der Waals surface area contributed by atoms with Crippen LogP contribution >= 0.6 is 0 Å². The minimum atomic E-state index is -1.18. The van der Waals surface area contributed by atoms with Gasteiger partial charge in [0.25, 0.3) is 0 Å². The molecule has 3 heterocycles. The highest BCUT2D eigenvalue weighted by atomic mass is 16.5. The molecule has 3 aliphatic rings. The van der Waals surface area contributed by atoms with Gasteiger partial charge in [-0.1, -0.05) is 60.7 Å². The Bertz CT molecular complexity index is 1190. The Balaban J connectivity index is 1.76. The second kappa shape index (κ2) is 6.43. The molecule has 1 N–H and O–H groups in total. The van der Waals surface area contributed by atoms with Crippen LogP contribution in [-0.2, 0) is 25.5 Å². The van der Waals surface area contributed by atoms with Gasteiger partial charge in [0.1, 0.15) is 22.7 Å². The summed E-state index contributed by atoms with van der Waals surface area (Å²) < 4.78 is 18.4. The number of benzene rings is 3. The Kier molecular flexibility index (Phi) is 3.84. The SMILES string of the molecule is COc1ccccc1C12OC(c3ccccc3OC)(c3ccccc31)[C@H]1C(=O)NC(=O)[C@H]12. The van der Waals surface area contributed by atoms with Gasteiger partial charge < -0.3 is 14.2 Å². The van der Waals surface area contributed by atoms with E-state index in [1.165, 1.54) is 0 Å². The lowest BCUT2D eigenvalue weighted by Crippen LogP contribution is -2.42. The monoisotopic (exact) mass is 427 g/mol. The number of imide groups is 1. The molecule has 2 amide bonds. The normalized spacial score (nSPS) is 29.4. The molecular formula is C26H21NO5. The number of rotatable bonds is 4. The lowest BCUT2D eigenvalue weighted by molar-refractivity contribution is -0.134. The molecule has 32 heavy (non-hydrogen) atoms. The Labute approximate surface area is 185 Å². The third-order valence-corrected chi connectivity index (χ3v) is 7.08. The van der Waals surface area contributed by atoms with Gasteiger partial charge in [0.05, 0.1) is 26.1 Å². The van der Waals surface area contributed by atoms with Crippen molar-refractivity contribution in [3.05, 3.63) is 95.1 Å². The second-order valence-corrected chi connectivity index (χ2v) is 8.33. The van der Waals surface area contributed by atoms with Crippen molar-refractivity contribution in [1.29, 1.82) is 0 Å². The summed E-state index contributed by atoms with van der Waals surface area (Å²) in [5, 5.41) is 2.58. The maximum atomic E-state index is 13.3. The molecule has 3 aliphatic heterocycles. The van der Waals surface area contributed by atoms with Crippen LogP contribution in [0, 0.1) is 11.8 Å². The molecule has 3 aromatic rings. The van der Waals surface area contributed by atoms with E-state index in [1.54, 1.807) is 14.2 Å². The summed E-state index contributed by atoms with van der Waals surface area (Å²) in [6, 6.07) is 22.9. The van der Waals surface area contributed by atoms with Crippen LogP contribution in [0.25, 0.3) is 0 Å². The van der Waals surface area contributed by atoms with E-state index in [9.17, 15) is 9.59 Å². The van der Waals surface area contributed by atoms with Crippen molar-refractivity contribution in [2.75, 3.05) is 14.2 Å². The lowest BCUT2D eigenvalue weighted by Gasteiger charge is -2.35. The van der Waals surface area contributed by atoms with Gasteiger partial charge >= 0.3 is 0 Å². The van der Waals surface area contributed by atoms with Crippen molar-refractivity contribution in [1.82, 2.24) is 5.32 Å². The molecule has 0 radical (unpaired) electrons. The number of amides is 2. The fourth-order valence-electron chi connectivity index (χ4n) is 6.01. The van der Waals surface area contributed by atoms with Crippen molar-refractivity contribution in [3.8, 4) is 11.5 Å². The molecule has 0 saturated carbocycles. The lowest BCUT2D eigenvalue weighted by atomic mass is 9.61. The number of para-hydroxylation sites is 2. The van der Waals surface area contributed by atoms with E-state index in [1.807, 2.05) is 72.8 Å². The van der Waals surface area contributed by atoms with Crippen LogP contribution in [0.3, 0.4) is 0 Å². The van der Waals surface area contributed by atoms with Crippen molar-refractivity contribution in [2.45, 2.75) is 11.2 Å². The zero-order valence-electron chi connectivity index (χ0n) is 17.6. The van der Waals surface area contributed by atoms with Crippen molar-refractivity contribution < 1.29 is 23.8 Å². The molecule has 4 atom stereocenters. The average molecular weight is 427 g/mol. The van der Waals surface area contributed by atoms with Gasteiger partial charge in [-0.05, 0) is 23.3 Å². The first-order chi connectivity index (χ1) is 15.6. The highest BCUT2D eigenvalue weighted by Crippen LogP contribution is 2.71. The summed E-state index contributed by atoms with van der Waals surface area (Å²) in [6.07, 6.45) is 0. The van der Waals surface area contributed by atoms with Crippen molar-refractivity contribution in [2.24, 2.45) is 11.8 Å². The Morgan fingerprint density at radius 2 is 1.03 bits per heavy atom. The van der Waals surface area contributed by atoms with E-state index in [0.717, 1.165) is 22.3 Å². The number of methoxy groups -OCH3 is 2.